The molecule has 0 aliphatic carbocycles. The van der Waals surface area contributed by atoms with Gasteiger partial charge in [0.1, 0.15) is 6.04 Å². The number of aliphatic carboxylic acids is 1. The van der Waals surface area contributed by atoms with Crippen LogP contribution >= 0.6 is 23.1 Å². The van der Waals surface area contributed by atoms with Crippen molar-refractivity contribution in [3.8, 4) is 0 Å². The molecule has 4 nitrogen and oxygen atoms in total. The van der Waals surface area contributed by atoms with Crippen LogP contribution in [0.3, 0.4) is 0 Å². The predicted octanol–water partition coefficient (Wildman–Crippen LogP) is 1.91. The van der Waals surface area contributed by atoms with Crippen LogP contribution < -0.4 is 0 Å². The van der Waals surface area contributed by atoms with Gasteiger partial charge >= 0.3 is 5.97 Å². The zero-order valence-electron chi connectivity index (χ0n) is 9.38. The fraction of sp³-hybridized carbons (Fsp3) is 0.455. The van der Waals surface area contributed by atoms with Crippen LogP contribution in [-0.2, 0) is 11.2 Å². The number of carboxylic acids is 1. The number of amides is 1. The molecule has 17 heavy (non-hydrogen) atoms. The summed E-state index contributed by atoms with van der Waals surface area (Å²) in [6.07, 6.45) is 0.898. The van der Waals surface area contributed by atoms with E-state index in [9.17, 15) is 9.59 Å². The van der Waals surface area contributed by atoms with E-state index in [-0.39, 0.29) is 5.91 Å². The molecule has 0 radical (unpaired) electrons. The Bertz CT molecular complexity index is 444. The van der Waals surface area contributed by atoms with E-state index in [0.29, 0.717) is 16.5 Å². The standard InChI is InChI=1S/C11H13NO3S2/c1-2-7-3-4-9(17-7)10(13)12-6-16-5-8(12)11(14)15/h3-4,8H,2,5-6H2,1H3,(H,14,15)/t8-/m0/s1. The molecular weight excluding hydrogens is 258 g/mol. The Morgan fingerprint density at radius 2 is 2.29 bits per heavy atom. The highest BCUT2D eigenvalue weighted by molar-refractivity contribution is 7.99. The Morgan fingerprint density at radius 3 is 2.88 bits per heavy atom. The molecular formula is C11H13NO3S2. The smallest absolute Gasteiger partial charge is 0.327 e. The van der Waals surface area contributed by atoms with Gasteiger partial charge < -0.3 is 10.0 Å². The summed E-state index contributed by atoms with van der Waals surface area (Å²) >= 11 is 2.93. The van der Waals surface area contributed by atoms with Gasteiger partial charge in [0.05, 0.1) is 10.8 Å². The molecule has 0 spiro atoms. The molecule has 6 heteroatoms. The fourth-order valence-electron chi connectivity index (χ4n) is 1.67. The van der Waals surface area contributed by atoms with Gasteiger partial charge in [-0.15, -0.1) is 23.1 Å². The Hall–Kier alpha value is -1.01. The lowest BCUT2D eigenvalue weighted by Crippen LogP contribution is -2.41. The van der Waals surface area contributed by atoms with Crippen molar-refractivity contribution in [1.82, 2.24) is 4.90 Å². The second-order valence-electron chi connectivity index (χ2n) is 3.75. The second kappa shape index (κ2) is 5.10. The van der Waals surface area contributed by atoms with Crippen LogP contribution in [0.2, 0.25) is 0 Å². The van der Waals surface area contributed by atoms with Crippen LogP contribution in [-0.4, -0.2) is 39.6 Å². The average molecular weight is 271 g/mol. The first-order valence-corrected chi connectivity index (χ1v) is 7.30. The Balaban J connectivity index is 2.16. The maximum absolute atomic E-state index is 12.2. The fourth-order valence-corrected chi connectivity index (χ4v) is 3.72. The molecule has 1 amide bonds. The molecule has 1 aliphatic heterocycles. The van der Waals surface area contributed by atoms with E-state index in [1.54, 1.807) is 6.07 Å². The van der Waals surface area contributed by atoms with Crippen LogP contribution in [0, 0.1) is 0 Å². The maximum atomic E-state index is 12.2. The van der Waals surface area contributed by atoms with Crippen LogP contribution in [0.4, 0.5) is 0 Å². The monoisotopic (exact) mass is 271 g/mol. The normalized spacial score (nSPS) is 19.6. The first kappa shape index (κ1) is 12.4. The van der Waals surface area contributed by atoms with Crippen molar-refractivity contribution in [2.45, 2.75) is 19.4 Å². The molecule has 1 aliphatic rings. The zero-order chi connectivity index (χ0) is 12.4. The number of carbonyl (C=O) groups is 2. The van der Waals surface area contributed by atoms with Crippen LogP contribution in [0.5, 0.6) is 0 Å². The molecule has 1 fully saturated rings. The lowest BCUT2D eigenvalue weighted by molar-refractivity contribution is -0.140. The quantitative estimate of drug-likeness (QED) is 0.912. The Morgan fingerprint density at radius 1 is 1.53 bits per heavy atom. The van der Waals surface area contributed by atoms with Crippen molar-refractivity contribution in [2.75, 3.05) is 11.6 Å². The summed E-state index contributed by atoms with van der Waals surface area (Å²) in [7, 11) is 0. The number of rotatable bonds is 3. The van der Waals surface area contributed by atoms with E-state index in [0.717, 1.165) is 11.3 Å². The number of hydrogen-bond donors (Lipinski definition) is 1. The van der Waals surface area contributed by atoms with Crippen LogP contribution in [0.25, 0.3) is 0 Å². The van der Waals surface area contributed by atoms with E-state index >= 15 is 0 Å². The van der Waals surface area contributed by atoms with Gasteiger partial charge in [-0.2, -0.15) is 0 Å². The number of carboxylic acid groups (broad SMARTS) is 1. The Kier molecular flexibility index (Phi) is 3.73. The summed E-state index contributed by atoms with van der Waals surface area (Å²) < 4.78 is 0. The van der Waals surface area contributed by atoms with Gasteiger partial charge in [0, 0.05) is 10.6 Å². The maximum Gasteiger partial charge on any atom is 0.327 e. The van der Waals surface area contributed by atoms with E-state index in [4.69, 9.17) is 5.11 Å². The minimum atomic E-state index is -0.921. The third-order valence-corrected chi connectivity index (χ3v) is 4.88. The third-order valence-electron chi connectivity index (χ3n) is 2.65. The molecule has 0 aromatic carbocycles. The van der Waals surface area contributed by atoms with Crippen molar-refractivity contribution < 1.29 is 14.7 Å². The van der Waals surface area contributed by atoms with Gasteiger partial charge in [0.25, 0.3) is 5.91 Å². The lowest BCUT2D eigenvalue weighted by Gasteiger charge is -2.19. The highest BCUT2D eigenvalue weighted by Gasteiger charge is 2.35. The van der Waals surface area contributed by atoms with Crippen molar-refractivity contribution in [3.63, 3.8) is 0 Å². The highest BCUT2D eigenvalue weighted by atomic mass is 32.2. The van der Waals surface area contributed by atoms with Crippen LogP contribution in [0.15, 0.2) is 12.1 Å². The number of nitrogens with zero attached hydrogens (tertiary/aromatic N) is 1. The molecule has 1 aromatic heterocycles. The van der Waals surface area contributed by atoms with E-state index in [1.807, 2.05) is 13.0 Å². The minimum absolute atomic E-state index is 0.160. The van der Waals surface area contributed by atoms with Crippen molar-refractivity contribution in [2.24, 2.45) is 0 Å². The SMILES string of the molecule is CCc1ccc(C(=O)N2CSC[C@H]2C(=O)O)s1. The average Bonchev–Trinajstić information content (AvgIpc) is 2.97. The predicted molar refractivity (Wildman–Crippen MR) is 68.6 cm³/mol. The van der Waals surface area contributed by atoms with Crippen LogP contribution in [0.1, 0.15) is 21.5 Å². The molecule has 1 saturated heterocycles. The summed E-state index contributed by atoms with van der Waals surface area (Å²) in [5.74, 6) is -0.134. The van der Waals surface area contributed by atoms with E-state index < -0.39 is 12.0 Å². The summed E-state index contributed by atoms with van der Waals surface area (Å²) in [6.45, 7) is 2.03. The zero-order valence-corrected chi connectivity index (χ0v) is 11.0. The molecule has 0 unspecified atom stereocenters. The second-order valence-corrected chi connectivity index (χ2v) is 5.92. The Labute approximate surface area is 108 Å². The number of thioether (sulfide) groups is 1. The summed E-state index contributed by atoms with van der Waals surface area (Å²) in [4.78, 5) is 26.4. The molecule has 1 N–H and O–H groups in total. The van der Waals surface area contributed by atoms with Gasteiger partial charge in [0.2, 0.25) is 0 Å². The number of carbonyl (C=O) groups excluding carboxylic acids is 1. The van der Waals surface area contributed by atoms with Gasteiger partial charge in [-0.25, -0.2) is 4.79 Å². The van der Waals surface area contributed by atoms with E-state index in [1.165, 1.54) is 28.0 Å². The van der Waals surface area contributed by atoms with Crippen molar-refractivity contribution in [1.29, 1.82) is 0 Å². The summed E-state index contributed by atoms with van der Waals surface area (Å²) in [6, 6.07) is 3.03. The molecule has 0 saturated carbocycles. The number of aryl methyl sites for hydroxylation is 1. The summed E-state index contributed by atoms with van der Waals surface area (Å²) in [5.41, 5.74) is 0. The minimum Gasteiger partial charge on any atom is -0.480 e. The number of thiophene rings is 1. The van der Waals surface area contributed by atoms with Gasteiger partial charge in [0.15, 0.2) is 0 Å². The number of hydrogen-bond acceptors (Lipinski definition) is 4. The third kappa shape index (κ3) is 2.47. The topological polar surface area (TPSA) is 57.6 Å². The first-order valence-electron chi connectivity index (χ1n) is 5.33. The lowest BCUT2D eigenvalue weighted by atomic mass is 10.3. The van der Waals surface area contributed by atoms with Gasteiger partial charge in [-0.05, 0) is 18.6 Å². The molecule has 2 rings (SSSR count). The van der Waals surface area contributed by atoms with Crippen molar-refractivity contribution in [3.05, 3.63) is 21.9 Å². The highest BCUT2D eigenvalue weighted by Crippen LogP contribution is 2.26. The summed E-state index contributed by atoms with van der Waals surface area (Å²) in [5, 5.41) is 9.03. The molecule has 1 aromatic rings. The largest absolute Gasteiger partial charge is 0.480 e. The molecule has 92 valence electrons. The molecule has 0 bridgehead atoms. The molecule has 2 heterocycles. The van der Waals surface area contributed by atoms with E-state index in [2.05, 4.69) is 0 Å². The molecule has 1 atom stereocenters. The van der Waals surface area contributed by atoms with Gasteiger partial charge in [-0.1, -0.05) is 6.92 Å². The van der Waals surface area contributed by atoms with Crippen molar-refractivity contribution >= 4 is 35.0 Å². The first-order chi connectivity index (χ1) is 8.13. The van der Waals surface area contributed by atoms with Gasteiger partial charge in [-0.3, -0.25) is 4.79 Å².